The van der Waals surface area contributed by atoms with Crippen molar-refractivity contribution in [1.82, 2.24) is 0 Å². The summed E-state index contributed by atoms with van der Waals surface area (Å²) >= 11 is 0. The van der Waals surface area contributed by atoms with Crippen molar-refractivity contribution in [3.05, 3.63) is 52.6 Å². The number of fused-ring (bicyclic) bond motifs is 4. The van der Waals surface area contributed by atoms with Crippen molar-refractivity contribution in [1.29, 1.82) is 0 Å². The van der Waals surface area contributed by atoms with Gasteiger partial charge in [0.25, 0.3) is 0 Å². The summed E-state index contributed by atoms with van der Waals surface area (Å²) in [4.78, 5) is 13.4. The first kappa shape index (κ1) is 18.2. The summed E-state index contributed by atoms with van der Waals surface area (Å²) < 4.78 is 17.1. The Bertz CT molecular complexity index is 987. The van der Waals surface area contributed by atoms with Gasteiger partial charge in [-0.2, -0.15) is 0 Å². The third kappa shape index (κ3) is 2.85. The number of ketones is 1. The molecule has 2 N–H and O–H groups in total. The highest BCUT2D eigenvalue weighted by Crippen LogP contribution is 2.48. The molecule has 2 atom stereocenters. The number of hydrogen-bond acceptors (Lipinski definition) is 6. The molecular weight excluding hydrogens is 360 g/mol. The maximum absolute atomic E-state index is 13.4. The summed E-state index contributed by atoms with van der Waals surface area (Å²) in [5.41, 5.74) is 2.77. The summed E-state index contributed by atoms with van der Waals surface area (Å²) in [6, 6.07) is 6.22. The molecule has 0 fully saturated rings. The number of hydrogen-bond donors (Lipinski definition) is 2. The van der Waals surface area contributed by atoms with Crippen LogP contribution in [0.3, 0.4) is 0 Å². The molecule has 28 heavy (non-hydrogen) atoms. The third-order valence-corrected chi connectivity index (χ3v) is 5.19. The molecule has 2 aromatic rings. The normalized spacial score (nSPS) is 19.5. The van der Waals surface area contributed by atoms with Crippen LogP contribution in [0.2, 0.25) is 0 Å². The van der Waals surface area contributed by atoms with Crippen molar-refractivity contribution in [2.24, 2.45) is 0 Å². The molecule has 0 radical (unpaired) electrons. The van der Waals surface area contributed by atoms with Crippen molar-refractivity contribution in [3.63, 3.8) is 0 Å². The zero-order valence-corrected chi connectivity index (χ0v) is 16.0. The molecule has 6 nitrogen and oxygen atoms in total. The molecule has 0 saturated carbocycles. The van der Waals surface area contributed by atoms with Crippen LogP contribution in [-0.4, -0.2) is 35.8 Å². The van der Waals surface area contributed by atoms with Gasteiger partial charge in [0.2, 0.25) is 0 Å². The summed E-state index contributed by atoms with van der Waals surface area (Å²) in [6.45, 7) is 4.12. The number of aromatic hydroxyl groups is 2. The van der Waals surface area contributed by atoms with Crippen molar-refractivity contribution >= 4 is 5.78 Å². The van der Waals surface area contributed by atoms with Gasteiger partial charge in [0, 0.05) is 17.2 Å². The number of allylic oxidation sites excluding steroid dienone is 2. The highest BCUT2D eigenvalue weighted by molar-refractivity contribution is 6.05. The minimum atomic E-state index is -0.563. The Labute approximate surface area is 163 Å². The van der Waals surface area contributed by atoms with Gasteiger partial charge in [-0.25, -0.2) is 0 Å². The third-order valence-electron chi connectivity index (χ3n) is 5.19. The van der Waals surface area contributed by atoms with Crippen molar-refractivity contribution in [2.45, 2.75) is 32.3 Å². The van der Waals surface area contributed by atoms with Gasteiger partial charge in [-0.05, 0) is 38.5 Å². The Morgan fingerprint density at radius 1 is 1.25 bits per heavy atom. The lowest BCUT2D eigenvalue weighted by atomic mass is 9.81. The smallest absolute Gasteiger partial charge is 0.178 e. The summed E-state index contributed by atoms with van der Waals surface area (Å²) in [5, 5.41) is 20.3. The lowest BCUT2D eigenvalue weighted by molar-refractivity contribution is 0.0553. The number of methoxy groups -OCH3 is 1. The van der Waals surface area contributed by atoms with Crippen LogP contribution >= 0.6 is 0 Å². The van der Waals surface area contributed by atoms with E-state index in [0.29, 0.717) is 34.6 Å². The van der Waals surface area contributed by atoms with E-state index in [1.807, 2.05) is 19.9 Å². The molecule has 2 heterocycles. The van der Waals surface area contributed by atoms with Gasteiger partial charge in [0.15, 0.2) is 17.3 Å². The predicted octanol–water partition coefficient (Wildman–Crippen LogP) is 3.74. The Morgan fingerprint density at radius 2 is 2.04 bits per heavy atom. The number of phenolic OH excluding ortho intramolecular Hbond substituents is 2. The molecule has 4 rings (SSSR count). The number of carbonyl (C=O) groups excluding carboxylic acids is 1. The van der Waals surface area contributed by atoms with E-state index >= 15 is 0 Å². The molecule has 0 amide bonds. The number of phenols is 2. The minimum absolute atomic E-state index is 0.0433. The van der Waals surface area contributed by atoms with E-state index in [-0.39, 0.29) is 29.6 Å². The first-order valence-corrected chi connectivity index (χ1v) is 9.13. The SMILES string of the molecule is COc1cc2c(cc1O)OCC1Oc3c(ccc(O)c3CC=C(C)C)C(=O)[C@@H]21. The molecule has 0 saturated heterocycles. The molecule has 0 aliphatic carbocycles. The van der Waals surface area contributed by atoms with Gasteiger partial charge in [-0.1, -0.05) is 11.6 Å². The Kier molecular flexibility index (Phi) is 4.41. The molecule has 6 heteroatoms. The van der Waals surface area contributed by atoms with Crippen LogP contribution in [0.5, 0.6) is 28.7 Å². The maximum Gasteiger partial charge on any atom is 0.178 e. The Hall–Kier alpha value is -3.15. The zero-order chi connectivity index (χ0) is 20.0. The minimum Gasteiger partial charge on any atom is -0.508 e. The van der Waals surface area contributed by atoms with Crippen LogP contribution in [0.4, 0.5) is 0 Å². The summed E-state index contributed by atoms with van der Waals surface area (Å²) in [6.07, 6.45) is 1.94. The van der Waals surface area contributed by atoms with Crippen LogP contribution in [0.1, 0.15) is 41.3 Å². The number of Topliss-reactive ketones (excluding diaryl/α,β-unsaturated/α-hetero) is 1. The van der Waals surface area contributed by atoms with Gasteiger partial charge in [0.1, 0.15) is 30.0 Å². The fraction of sp³-hybridized carbons (Fsp3) is 0.318. The Balaban J connectivity index is 1.81. The van der Waals surface area contributed by atoms with E-state index < -0.39 is 12.0 Å². The number of ether oxygens (including phenoxy) is 3. The predicted molar refractivity (Wildman–Crippen MR) is 103 cm³/mol. The standard InChI is InChI=1S/C22H22O6/c1-11(2)4-5-12-15(23)7-6-13-21(25)20-14-8-18(26-3)16(24)9-17(14)27-10-19(20)28-22(12)13/h4,6-9,19-20,23-24H,5,10H2,1-3H3/t19?,20-/m0/s1. The van der Waals surface area contributed by atoms with Gasteiger partial charge in [0.05, 0.1) is 18.6 Å². The topological polar surface area (TPSA) is 85.2 Å². The fourth-order valence-electron chi connectivity index (χ4n) is 3.75. The van der Waals surface area contributed by atoms with Gasteiger partial charge >= 0.3 is 0 Å². The van der Waals surface area contributed by atoms with Crippen molar-refractivity contribution in [3.8, 4) is 28.7 Å². The second-order valence-electron chi connectivity index (χ2n) is 7.30. The lowest BCUT2D eigenvalue weighted by Gasteiger charge is -2.37. The van der Waals surface area contributed by atoms with Crippen LogP contribution in [-0.2, 0) is 6.42 Å². The number of benzene rings is 2. The summed E-state index contributed by atoms with van der Waals surface area (Å²) in [5.74, 6) is 0.541. The first-order valence-electron chi connectivity index (χ1n) is 9.13. The van der Waals surface area contributed by atoms with Crippen LogP contribution < -0.4 is 14.2 Å². The van der Waals surface area contributed by atoms with Crippen LogP contribution in [0.15, 0.2) is 35.9 Å². The molecule has 1 unspecified atom stereocenters. The van der Waals surface area contributed by atoms with E-state index in [0.717, 1.165) is 5.57 Å². The van der Waals surface area contributed by atoms with E-state index in [2.05, 4.69) is 0 Å². The van der Waals surface area contributed by atoms with Crippen molar-refractivity contribution in [2.75, 3.05) is 13.7 Å². The molecule has 0 spiro atoms. The summed E-state index contributed by atoms with van der Waals surface area (Å²) in [7, 11) is 1.45. The highest BCUT2D eigenvalue weighted by Gasteiger charge is 2.44. The molecule has 0 aromatic heterocycles. The quantitative estimate of drug-likeness (QED) is 0.787. The molecule has 2 aliphatic heterocycles. The van der Waals surface area contributed by atoms with Crippen molar-refractivity contribution < 1.29 is 29.2 Å². The lowest BCUT2D eigenvalue weighted by Crippen LogP contribution is -2.43. The Morgan fingerprint density at radius 3 is 2.75 bits per heavy atom. The van der Waals surface area contributed by atoms with Gasteiger partial charge in [-0.3, -0.25) is 4.79 Å². The maximum atomic E-state index is 13.4. The first-order chi connectivity index (χ1) is 13.4. The van der Waals surface area contributed by atoms with Gasteiger partial charge in [-0.15, -0.1) is 0 Å². The van der Waals surface area contributed by atoms with E-state index in [4.69, 9.17) is 14.2 Å². The fourth-order valence-corrected chi connectivity index (χ4v) is 3.75. The molecular formula is C22H22O6. The van der Waals surface area contributed by atoms with Crippen LogP contribution in [0.25, 0.3) is 0 Å². The van der Waals surface area contributed by atoms with Crippen LogP contribution in [0, 0.1) is 0 Å². The average molecular weight is 382 g/mol. The largest absolute Gasteiger partial charge is 0.508 e. The van der Waals surface area contributed by atoms with E-state index in [1.54, 1.807) is 12.1 Å². The molecule has 2 aromatic carbocycles. The second kappa shape index (κ2) is 6.78. The zero-order valence-electron chi connectivity index (χ0n) is 16.0. The van der Waals surface area contributed by atoms with Gasteiger partial charge < -0.3 is 24.4 Å². The van der Waals surface area contributed by atoms with E-state index in [1.165, 1.54) is 19.2 Å². The monoisotopic (exact) mass is 382 g/mol. The number of rotatable bonds is 3. The number of carbonyl (C=O) groups is 1. The molecule has 2 aliphatic rings. The van der Waals surface area contributed by atoms with E-state index in [9.17, 15) is 15.0 Å². The highest BCUT2D eigenvalue weighted by atomic mass is 16.5. The average Bonchev–Trinajstić information content (AvgIpc) is 2.66. The molecule has 146 valence electrons. The molecule has 0 bridgehead atoms. The second-order valence-corrected chi connectivity index (χ2v) is 7.30.